The first kappa shape index (κ1) is 21.7. The third-order valence-corrected chi connectivity index (χ3v) is 4.90. The predicted molar refractivity (Wildman–Crippen MR) is 124 cm³/mol. The summed E-state index contributed by atoms with van der Waals surface area (Å²) in [6.45, 7) is 0. The molecule has 1 atom stereocenters. The fourth-order valence-electron chi connectivity index (χ4n) is 3.19. The van der Waals surface area contributed by atoms with Crippen LogP contribution in [0.4, 0.5) is 11.4 Å². The number of fused-ring (bicyclic) bond motifs is 1. The van der Waals surface area contributed by atoms with Gasteiger partial charge in [-0.15, -0.1) is 0 Å². The minimum atomic E-state index is -1.30. The van der Waals surface area contributed by atoms with Gasteiger partial charge in [0.05, 0.1) is 28.8 Å². The molecule has 10 nitrogen and oxygen atoms in total. The number of non-ortho nitro benzene ring substituents is 1. The van der Waals surface area contributed by atoms with E-state index in [0.29, 0.717) is 22.5 Å². The number of anilines is 1. The molecular formula is C23H19N5O5. The number of nitrogens with zero attached hydrogens (tertiary/aromatic N) is 3. The second-order valence-electron chi connectivity index (χ2n) is 7.02. The van der Waals surface area contributed by atoms with Crippen molar-refractivity contribution in [1.29, 1.82) is 0 Å². The van der Waals surface area contributed by atoms with Crippen LogP contribution in [0.5, 0.6) is 5.75 Å². The third-order valence-electron chi connectivity index (χ3n) is 4.90. The van der Waals surface area contributed by atoms with E-state index in [1.54, 1.807) is 36.4 Å². The number of H-pyrrole nitrogens is 1. The second kappa shape index (κ2) is 9.28. The first-order valence-electron chi connectivity index (χ1n) is 9.86. The topological polar surface area (TPSA) is 143 Å². The van der Waals surface area contributed by atoms with Crippen LogP contribution in [0.2, 0.25) is 0 Å². The molecule has 0 saturated heterocycles. The predicted octanol–water partition coefficient (Wildman–Crippen LogP) is 3.39. The Bertz CT molecular complexity index is 1380. The van der Waals surface area contributed by atoms with E-state index in [4.69, 9.17) is 4.74 Å². The molecule has 33 heavy (non-hydrogen) atoms. The smallest absolute Gasteiger partial charge is 0.276 e. The van der Waals surface area contributed by atoms with E-state index in [9.17, 15) is 20.0 Å². The number of aliphatic hydroxyl groups is 1. The molecule has 166 valence electrons. The molecule has 0 amide bonds. The SMILES string of the molecule is COc1ccc(C(O)C(=NNc2ccccc2)c2nc3ccc([N+](=O)[O-])cc3[nH]c2=O)cc1. The van der Waals surface area contributed by atoms with Gasteiger partial charge in [0.15, 0.2) is 5.69 Å². The quantitative estimate of drug-likeness (QED) is 0.225. The summed E-state index contributed by atoms with van der Waals surface area (Å²) >= 11 is 0. The maximum atomic E-state index is 12.9. The van der Waals surface area contributed by atoms with E-state index in [0.717, 1.165) is 0 Å². The Morgan fingerprint density at radius 1 is 1.15 bits per heavy atom. The normalized spacial score (nSPS) is 12.4. The average Bonchev–Trinajstić information content (AvgIpc) is 2.84. The Morgan fingerprint density at radius 3 is 2.55 bits per heavy atom. The molecule has 10 heteroatoms. The minimum Gasteiger partial charge on any atom is -0.497 e. The van der Waals surface area contributed by atoms with E-state index in [-0.39, 0.29) is 22.6 Å². The molecule has 1 unspecified atom stereocenters. The maximum absolute atomic E-state index is 12.9. The molecule has 4 rings (SSSR count). The number of para-hydroxylation sites is 1. The van der Waals surface area contributed by atoms with Crippen LogP contribution in [0.1, 0.15) is 17.4 Å². The number of rotatable bonds is 7. The van der Waals surface area contributed by atoms with Crippen LogP contribution in [0.3, 0.4) is 0 Å². The molecule has 0 saturated carbocycles. The van der Waals surface area contributed by atoms with Gasteiger partial charge in [-0.25, -0.2) is 4.98 Å². The molecule has 4 aromatic rings. The first-order chi connectivity index (χ1) is 16.0. The highest BCUT2D eigenvalue weighted by atomic mass is 16.6. The molecule has 3 N–H and O–H groups in total. The van der Waals surface area contributed by atoms with Crippen molar-refractivity contribution in [1.82, 2.24) is 9.97 Å². The molecule has 0 aliphatic rings. The number of hydrogen-bond donors (Lipinski definition) is 3. The molecule has 1 aromatic heterocycles. The lowest BCUT2D eigenvalue weighted by atomic mass is 10.0. The van der Waals surface area contributed by atoms with Crippen LogP contribution in [-0.2, 0) is 0 Å². The summed E-state index contributed by atoms with van der Waals surface area (Å²) in [6, 6.07) is 19.6. The van der Waals surface area contributed by atoms with Gasteiger partial charge in [-0.1, -0.05) is 30.3 Å². The zero-order valence-corrected chi connectivity index (χ0v) is 17.4. The van der Waals surface area contributed by atoms with Crippen LogP contribution in [0, 0.1) is 10.1 Å². The first-order valence-corrected chi connectivity index (χ1v) is 9.86. The molecule has 1 heterocycles. The summed E-state index contributed by atoms with van der Waals surface area (Å²) < 4.78 is 5.15. The lowest BCUT2D eigenvalue weighted by Gasteiger charge is -2.15. The van der Waals surface area contributed by atoms with Gasteiger partial charge in [0.25, 0.3) is 11.2 Å². The highest BCUT2D eigenvalue weighted by molar-refractivity contribution is 6.03. The number of ether oxygens (including phenoxy) is 1. The molecular weight excluding hydrogens is 426 g/mol. The highest BCUT2D eigenvalue weighted by Crippen LogP contribution is 2.22. The zero-order valence-electron chi connectivity index (χ0n) is 17.4. The number of hydrogen-bond acceptors (Lipinski definition) is 8. The van der Waals surface area contributed by atoms with E-state index >= 15 is 0 Å². The number of aliphatic hydroxyl groups excluding tert-OH is 1. The van der Waals surface area contributed by atoms with Crippen LogP contribution in [-0.4, -0.2) is 32.8 Å². The lowest BCUT2D eigenvalue weighted by molar-refractivity contribution is -0.384. The fraction of sp³-hybridized carbons (Fsp3) is 0.0870. The molecule has 0 radical (unpaired) electrons. The molecule has 0 fully saturated rings. The van der Waals surface area contributed by atoms with Gasteiger partial charge < -0.3 is 14.8 Å². The van der Waals surface area contributed by atoms with E-state index in [1.165, 1.54) is 25.3 Å². The Hall–Kier alpha value is -4.57. The Kier molecular flexibility index (Phi) is 6.09. The average molecular weight is 445 g/mol. The summed E-state index contributed by atoms with van der Waals surface area (Å²) in [4.78, 5) is 30.3. The number of methoxy groups -OCH3 is 1. The van der Waals surface area contributed by atoms with Crippen molar-refractivity contribution in [3.8, 4) is 5.75 Å². The Labute approximate surface area is 187 Å². The third kappa shape index (κ3) is 4.70. The van der Waals surface area contributed by atoms with Gasteiger partial charge in [0, 0.05) is 12.1 Å². The van der Waals surface area contributed by atoms with Crippen LogP contribution in [0.25, 0.3) is 11.0 Å². The zero-order chi connectivity index (χ0) is 23.4. The molecule has 0 aliphatic heterocycles. The standard InChI is InChI=1S/C23H19N5O5/c1-33-17-10-7-14(8-11-17)22(29)20(27-26-15-5-3-2-4-6-15)21-23(30)25-19-13-16(28(31)32)9-12-18(19)24-21/h2-13,22,26,29H,1H3,(H,25,30). The molecule has 0 aliphatic carbocycles. The lowest BCUT2D eigenvalue weighted by Crippen LogP contribution is -2.26. The monoisotopic (exact) mass is 445 g/mol. The molecule has 3 aromatic carbocycles. The number of nitro benzene ring substituents is 1. The number of nitrogens with one attached hydrogen (secondary N) is 2. The van der Waals surface area contributed by atoms with Crippen molar-refractivity contribution in [3.05, 3.63) is 105 Å². The Morgan fingerprint density at radius 2 is 1.88 bits per heavy atom. The summed E-state index contributed by atoms with van der Waals surface area (Å²) in [6.07, 6.45) is -1.30. The van der Waals surface area contributed by atoms with Crippen LogP contribution < -0.4 is 15.7 Å². The summed E-state index contributed by atoms with van der Waals surface area (Å²) in [5.74, 6) is 0.607. The van der Waals surface area contributed by atoms with Crippen LogP contribution in [0.15, 0.2) is 82.7 Å². The van der Waals surface area contributed by atoms with Gasteiger partial charge in [-0.3, -0.25) is 20.3 Å². The van der Waals surface area contributed by atoms with Gasteiger partial charge in [-0.05, 0) is 35.9 Å². The largest absolute Gasteiger partial charge is 0.497 e. The van der Waals surface area contributed by atoms with Crippen molar-refractivity contribution in [2.45, 2.75) is 6.10 Å². The molecule has 0 spiro atoms. The number of aromatic nitrogens is 2. The van der Waals surface area contributed by atoms with Crippen molar-refractivity contribution >= 4 is 28.1 Å². The molecule has 0 bridgehead atoms. The summed E-state index contributed by atoms with van der Waals surface area (Å²) in [5.41, 5.74) is 3.49. The second-order valence-corrected chi connectivity index (χ2v) is 7.02. The van der Waals surface area contributed by atoms with Crippen molar-refractivity contribution in [2.75, 3.05) is 12.5 Å². The van der Waals surface area contributed by atoms with Gasteiger partial charge in [-0.2, -0.15) is 5.10 Å². The van der Waals surface area contributed by atoms with E-state index in [1.807, 2.05) is 18.2 Å². The van der Waals surface area contributed by atoms with E-state index in [2.05, 4.69) is 20.5 Å². The van der Waals surface area contributed by atoms with Gasteiger partial charge >= 0.3 is 0 Å². The Balaban J connectivity index is 1.81. The summed E-state index contributed by atoms with van der Waals surface area (Å²) in [7, 11) is 1.53. The number of benzene rings is 3. The number of aromatic amines is 1. The highest BCUT2D eigenvalue weighted by Gasteiger charge is 2.23. The van der Waals surface area contributed by atoms with Crippen LogP contribution >= 0.6 is 0 Å². The van der Waals surface area contributed by atoms with Crippen molar-refractivity contribution in [2.24, 2.45) is 5.10 Å². The number of hydrazone groups is 1. The van der Waals surface area contributed by atoms with Gasteiger partial charge in [0.1, 0.15) is 17.6 Å². The van der Waals surface area contributed by atoms with Crippen molar-refractivity contribution in [3.63, 3.8) is 0 Å². The minimum absolute atomic E-state index is 0.0227. The summed E-state index contributed by atoms with van der Waals surface area (Å²) in [5, 5.41) is 26.4. The maximum Gasteiger partial charge on any atom is 0.276 e. The van der Waals surface area contributed by atoms with E-state index < -0.39 is 16.6 Å². The van der Waals surface area contributed by atoms with Gasteiger partial charge in [0.2, 0.25) is 0 Å². The fourth-order valence-corrected chi connectivity index (χ4v) is 3.19. The van der Waals surface area contributed by atoms with Crippen molar-refractivity contribution < 1.29 is 14.8 Å². The number of nitro groups is 1.